The summed E-state index contributed by atoms with van der Waals surface area (Å²) in [7, 11) is -2.43. The van der Waals surface area contributed by atoms with Gasteiger partial charge in [0.2, 0.25) is 0 Å². The zero-order chi connectivity index (χ0) is 18.2. The molecule has 0 saturated heterocycles. The monoisotopic (exact) mass is 360 g/mol. The first-order valence-corrected chi connectivity index (χ1v) is 9.48. The Labute approximate surface area is 147 Å². The van der Waals surface area contributed by atoms with Gasteiger partial charge in [0.15, 0.2) is 9.84 Å². The van der Waals surface area contributed by atoms with Crippen molar-refractivity contribution in [1.82, 2.24) is 0 Å². The fourth-order valence-electron chi connectivity index (χ4n) is 3.60. The molecule has 1 aliphatic carbocycles. The van der Waals surface area contributed by atoms with E-state index in [-0.39, 0.29) is 11.5 Å². The molecule has 0 heterocycles. The number of ether oxygens (including phenoxy) is 1. The van der Waals surface area contributed by atoms with Crippen molar-refractivity contribution in [2.75, 3.05) is 13.7 Å². The number of benzene rings is 2. The standard InChI is InChI=1S/C19H20O5S/c1-13-8-10-15(11-9-13)25(22,23)17-16(14-6-4-3-5-7-14)19(17,12-24-2)18(20)21/h3-11,16-17H,12H2,1-2H3,(H,20,21)/t16-,17+,19-/m0/s1. The van der Waals surface area contributed by atoms with Gasteiger partial charge in [0, 0.05) is 13.0 Å². The summed E-state index contributed by atoms with van der Waals surface area (Å²) in [4.78, 5) is 12.2. The normalized spacial score (nSPS) is 25.5. The summed E-state index contributed by atoms with van der Waals surface area (Å²) in [6.45, 7) is 1.71. The number of sulfone groups is 1. The van der Waals surface area contributed by atoms with E-state index in [1.165, 1.54) is 19.2 Å². The van der Waals surface area contributed by atoms with E-state index in [0.717, 1.165) is 5.56 Å². The SMILES string of the molecule is COC[C@@]1(C(=O)O)[C@H](S(=O)(=O)c2ccc(C)cc2)[C@@H]1c1ccccc1. The molecule has 0 radical (unpaired) electrons. The Bertz CT molecular complexity index is 874. The molecule has 132 valence electrons. The maximum Gasteiger partial charge on any atom is 0.314 e. The van der Waals surface area contributed by atoms with Crippen LogP contribution >= 0.6 is 0 Å². The first kappa shape index (κ1) is 17.6. The third-order valence-electron chi connectivity index (χ3n) is 4.88. The number of hydrogen-bond donors (Lipinski definition) is 1. The third kappa shape index (κ3) is 2.75. The number of carboxylic acid groups (broad SMARTS) is 1. The molecule has 5 nitrogen and oxygen atoms in total. The van der Waals surface area contributed by atoms with E-state index in [9.17, 15) is 18.3 Å². The highest BCUT2D eigenvalue weighted by Gasteiger charge is 2.76. The van der Waals surface area contributed by atoms with Crippen molar-refractivity contribution < 1.29 is 23.1 Å². The zero-order valence-electron chi connectivity index (χ0n) is 14.0. The fourth-order valence-corrected chi connectivity index (χ4v) is 5.95. The van der Waals surface area contributed by atoms with Crippen LogP contribution in [0.25, 0.3) is 0 Å². The van der Waals surface area contributed by atoms with Crippen molar-refractivity contribution in [1.29, 1.82) is 0 Å². The van der Waals surface area contributed by atoms with E-state index < -0.39 is 32.4 Å². The Balaban J connectivity index is 2.11. The quantitative estimate of drug-likeness (QED) is 0.856. The summed E-state index contributed by atoms with van der Waals surface area (Å²) < 4.78 is 31.4. The average molecular weight is 360 g/mol. The Morgan fingerprint density at radius 2 is 1.72 bits per heavy atom. The van der Waals surface area contributed by atoms with Crippen molar-refractivity contribution in [3.63, 3.8) is 0 Å². The first-order valence-electron chi connectivity index (χ1n) is 7.93. The van der Waals surface area contributed by atoms with Gasteiger partial charge in [-0.2, -0.15) is 0 Å². The maximum atomic E-state index is 13.2. The van der Waals surface area contributed by atoms with Crippen molar-refractivity contribution >= 4 is 15.8 Å². The van der Waals surface area contributed by atoms with Crippen molar-refractivity contribution in [3.8, 4) is 0 Å². The van der Waals surface area contributed by atoms with Gasteiger partial charge in [-0.05, 0) is 24.6 Å². The lowest BCUT2D eigenvalue weighted by atomic mass is 10.0. The van der Waals surface area contributed by atoms with Gasteiger partial charge in [0.1, 0.15) is 5.41 Å². The van der Waals surface area contributed by atoms with Crippen molar-refractivity contribution in [3.05, 3.63) is 65.7 Å². The van der Waals surface area contributed by atoms with Gasteiger partial charge < -0.3 is 9.84 Å². The third-order valence-corrected chi connectivity index (χ3v) is 7.17. The summed E-state index contributed by atoms with van der Waals surface area (Å²) in [5.41, 5.74) is 0.165. The molecule has 0 spiro atoms. The number of carbonyl (C=O) groups is 1. The minimum Gasteiger partial charge on any atom is -0.481 e. The molecule has 3 rings (SSSR count). The van der Waals surface area contributed by atoms with E-state index in [2.05, 4.69) is 0 Å². The molecule has 1 fully saturated rings. The molecule has 1 N–H and O–H groups in total. The summed E-state index contributed by atoms with van der Waals surface area (Å²) in [6, 6.07) is 15.4. The highest BCUT2D eigenvalue weighted by molar-refractivity contribution is 7.92. The molecule has 25 heavy (non-hydrogen) atoms. The lowest BCUT2D eigenvalue weighted by molar-refractivity contribution is -0.145. The van der Waals surface area contributed by atoms with Crippen LogP contribution in [0.4, 0.5) is 0 Å². The summed E-state index contributed by atoms with van der Waals surface area (Å²) >= 11 is 0. The van der Waals surface area contributed by atoms with Crippen LogP contribution in [0.15, 0.2) is 59.5 Å². The number of aliphatic carboxylic acids is 1. The molecule has 0 bridgehead atoms. The molecular weight excluding hydrogens is 340 g/mol. The van der Waals surface area contributed by atoms with Crippen LogP contribution in [-0.4, -0.2) is 38.5 Å². The van der Waals surface area contributed by atoms with E-state index in [1.54, 1.807) is 36.4 Å². The van der Waals surface area contributed by atoms with Crippen molar-refractivity contribution in [2.45, 2.75) is 23.0 Å². The predicted octanol–water partition coefficient (Wildman–Crippen LogP) is 2.65. The molecule has 2 aromatic carbocycles. The lowest BCUT2D eigenvalue weighted by Crippen LogP contribution is -2.28. The maximum absolute atomic E-state index is 13.2. The Morgan fingerprint density at radius 1 is 1.12 bits per heavy atom. The van der Waals surface area contributed by atoms with Gasteiger partial charge >= 0.3 is 5.97 Å². The van der Waals surface area contributed by atoms with Gasteiger partial charge in [-0.3, -0.25) is 4.79 Å². The minimum absolute atomic E-state index is 0.142. The Morgan fingerprint density at radius 3 is 2.24 bits per heavy atom. The van der Waals surface area contributed by atoms with Crippen LogP contribution < -0.4 is 0 Å². The second-order valence-electron chi connectivity index (χ2n) is 6.45. The molecule has 0 unspecified atom stereocenters. The molecule has 1 saturated carbocycles. The van der Waals surface area contributed by atoms with Gasteiger partial charge in [-0.15, -0.1) is 0 Å². The van der Waals surface area contributed by atoms with Crippen LogP contribution in [-0.2, 0) is 19.4 Å². The van der Waals surface area contributed by atoms with Crippen LogP contribution in [0.5, 0.6) is 0 Å². The number of aryl methyl sites for hydroxylation is 1. The summed E-state index contributed by atoms with van der Waals surface area (Å²) in [5, 5.41) is 8.79. The van der Waals surface area contributed by atoms with E-state index in [0.29, 0.717) is 5.56 Å². The summed E-state index contributed by atoms with van der Waals surface area (Å²) in [6.07, 6.45) is 0. The van der Waals surface area contributed by atoms with Gasteiger partial charge in [0.25, 0.3) is 0 Å². The van der Waals surface area contributed by atoms with Crippen LogP contribution in [0.2, 0.25) is 0 Å². The van der Waals surface area contributed by atoms with E-state index in [4.69, 9.17) is 4.74 Å². The summed E-state index contributed by atoms with van der Waals surface area (Å²) in [5.74, 6) is -1.79. The lowest BCUT2D eigenvalue weighted by Gasteiger charge is -2.12. The van der Waals surface area contributed by atoms with Gasteiger partial charge in [-0.1, -0.05) is 48.0 Å². The van der Waals surface area contributed by atoms with Gasteiger partial charge in [0.05, 0.1) is 16.8 Å². The van der Waals surface area contributed by atoms with Crippen LogP contribution in [0, 0.1) is 12.3 Å². The smallest absolute Gasteiger partial charge is 0.314 e. The van der Waals surface area contributed by atoms with Gasteiger partial charge in [-0.25, -0.2) is 8.42 Å². The van der Waals surface area contributed by atoms with E-state index >= 15 is 0 Å². The minimum atomic E-state index is -3.82. The number of methoxy groups -OCH3 is 1. The number of carboxylic acids is 1. The second kappa shape index (κ2) is 6.28. The highest BCUT2D eigenvalue weighted by Crippen LogP contribution is 2.64. The zero-order valence-corrected chi connectivity index (χ0v) is 14.9. The Hall–Kier alpha value is -2.18. The van der Waals surface area contributed by atoms with Crippen LogP contribution in [0.1, 0.15) is 17.0 Å². The molecule has 1 aliphatic rings. The predicted molar refractivity (Wildman–Crippen MR) is 93.3 cm³/mol. The second-order valence-corrected chi connectivity index (χ2v) is 8.51. The average Bonchev–Trinajstić information content (AvgIpc) is 3.27. The molecule has 6 heteroatoms. The first-order chi connectivity index (χ1) is 11.9. The molecule has 2 aromatic rings. The molecule has 0 aromatic heterocycles. The largest absolute Gasteiger partial charge is 0.481 e. The fraction of sp³-hybridized carbons (Fsp3) is 0.316. The number of hydrogen-bond acceptors (Lipinski definition) is 4. The molecule has 3 atom stereocenters. The Kier molecular flexibility index (Phi) is 4.43. The number of rotatable bonds is 6. The highest BCUT2D eigenvalue weighted by atomic mass is 32.2. The molecule has 0 amide bonds. The molecule has 0 aliphatic heterocycles. The van der Waals surface area contributed by atoms with Crippen LogP contribution in [0.3, 0.4) is 0 Å². The van der Waals surface area contributed by atoms with Crippen molar-refractivity contribution in [2.24, 2.45) is 5.41 Å². The molecular formula is C19H20O5S. The topological polar surface area (TPSA) is 80.7 Å². The van der Waals surface area contributed by atoms with E-state index in [1.807, 2.05) is 13.0 Å².